The molecule has 0 radical (unpaired) electrons. The standard InChI is InChI=1S/C18H15NO4/c1-11-2-4-12(5-3-11)10-23-13-6-7-16-14(8-13)17(20)15(9-19-16)18(21)22/h2-9H,10H2,1H3,(H,19,20)(H,21,22). The number of pyridine rings is 1. The van der Waals surface area contributed by atoms with Gasteiger partial charge in [-0.25, -0.2) is 4.79 Å². The van der Waals surface area contributed by atoms with Crippen molar-refractivity contribution in [1.29, 1.82) is 0 Å². The lowest BCUT2D eigenvalue weighted by atomic mass is 10.1. The molecule has 0 bridgehead atoms. The molecule has 0 aliphatic rings. The van der Waals surface area contributed by atoms with Crippen LogP contribution in [0.5, 0.6) is 5.75 Å². The van der Waals surface area contributed by atoms with Crippen LogP contribution < -0.4 is 10.2 Å². The van der Waals surface area contributed by atoms with Gasteiger partial charge in [0.1, 0.15) is 17.9 Å². The molecule has 2 N–H and O–H groups in total. The molecule has 0 amide bonds. The predicted molar refractivity (Wildman–Crippen MR) is 87.0 cm³/mol. The maximum atomic E-state index is 12.2. The van der Waals surface area contributed by atoms with E-state index in [0.717, 1.165) is 5.56 Å². The van der Waals surface area contributed by atoms with Gasteiger partial charge in [0.15, 0.2) is 0 Å². The normalized spacial score (nSPS) is 10.7. The Labute approximate surface area is 132 Å². The first-order chi connectivity index (χ1) is 11.0. The lowest BCUT2D eigenvalue weighted by Crippen LogP contribution is -2.15. The minimum Gasteiger partial charge on any atom is -0.489 e. The zero-order valence-electron chi connectivity index (χ0n) is 12.5. The van der Waals surface area contributed by atoms with Crippen molar-refractivity contribution < 1.29 is 14.6 Å². The molecule has 1 heterocycles. The van der Waals surface area contributed by atoms with Gasteiger partial charge in [-0.15, -0.1) is 0 Å². The molecule has 116 valence electrons. The van der Waals surface area contributed by atoms with Crippen LogP contribution >= 0.6 is 0 Å². The summed E-state index contributed by atoms with van der Waals surface area (Å²) in [7, 11) is 0. The molecule has 3 rings (SSSR count). The molecular weight excluding hydrogens is 294 g/mol. The second kappa shape index (κ2) is 5.96. The quantitative estimate of drug-likeness (QED) is 0.776. The molecule has 0 atom stereocenters. The lowest BCUT2D eigenvalue weighted by Gasteiger charge is -2.08. The van der Waals surface area contributed by atoms with Crippen molar-refractivity contribution in [2.45, 2.75) is 13.5 Å². The summed E-state index contributed by atoms with van der Waals surface area (Å²) in [5.41, 5.74) is 1.96. The molecule has 1 aromatic heterocycles. The molecule has 0 aliphatic heterocycles. The van der Waals surface area contributed by atoms with Crippen molar-refractivity contribution >= 4 is 16.9 Å². The van der Waals surface area contributed by atoms with Crippen molar-refractivity contribution in [3.05, 3.63) is 75.6 Å². The second-order valence-corrected chi connectivity index (χ2v) is 5.32. The molecule has 23 heavy (non-hydrogen) atoms. The number of hydrogen-bond donors (Lipinski definition) is 2. The van der Waals surface area contributed by atoms with Crippen LogP contribution in [0, 0.1) is 6.92 Å². The van der Waals surface area contributed by atoms with Crippen LogP contribution in [0.25, 0.3) is 10.9 Å². The molecule has 0 unspecified atom stereocenters. The number of aromatic amines is 1. The van der Waals surface area contributed by atoms with Gasteiger partial charge in [0.25, 0.3) is 0 Å². The number of aromatic nitrogens is 1. The molecule has 2 aromatic carbocycles. The van der Waals surface area contributed by atoms with E-state index in [1.54, 1.807) is 18.2 Å². The summed E-state index contributed by atoms with van der Waals surface area (Å²) in [5, 5.41) is 9.32. The number of ether oxygens (including phenoxy) is 1. The van der Waals surface area contributed by atoms with E-state index in [2.05, 4.69) is 4.98 Å². The zero-order valence-corrected chi connectivity index (χ0v) is 12.5. The van der Waals surface area contributed by atoms with Gasteiger partial charge in [-0.2, -0.15) is 0 Å². The average Bonchev–Trinajstić information content (AvgIpc) is 2.54. The zero-order chi connectivity index (χ0) is 16.4. The Hall–Kier alpha value is -3.08. The smallest absolute Gasteiger partial charge is 0.341 e. The highest BCUT2D eigenvalue weighted by Crippen LogP contribution is 2.18. The van der Waals surface area contributed by atoms with Crippen LogP contribution in [0.3, 0.4) is 0 Å². The summed E-state index contributed by atoms with van der Waals surface area (Å²) in [6.45, 7) is 2.39. The molecule has 0 saturated carbocycles. The van der Waals surface area contributed by atoms with Crippen LogP contribution in [-0.4, -0.2) is 16.1 Å². The summed E-state index contributed by atoms with van der Waals surface area (Å²) in [6.07, 6.45) is 1.21. The van der Waals surface area contributed by atoms with Gasteiger partial charge >= 0.3 is 5.97 Å². The Bertz CT molecular complexity index is 926. The number of carboxylic acid groups (broad SMARTS) is 1. The number of benzene rings is 2. The summed E-state index contributed by atoms with van der Waals surface area (Å²) < 4.78 is 5.70. The van der Waals surface area contributed by atoms with E-state index in [0.29, 0.717) is 23.3 Å². The van der Waals surface area contributed by atoms with E-state index in [-0.39, 0.29) is 5.56 Å². The van der Waals surface area contributed by atoms with Gasteiger partial charge in [-0.1, -0.05) is 29.8 Å². The summed E-state index contributed by atoms with van der Waals surface area (Å²) in [4.78, 5) is 26.0. The number of fused-ring (bicyclic) bond motifs is 1. The van der Waals surface area contributed by atoms with Gasteiger partial charge in [-0.3, -0.25) is 4.79 Å². The Morgan fingerprint density at radius 2 is 1.91 bits per heavy atom. The van der Waals surface area contributed by atoms with Crippen molar-refractivity contribution in [3.63, 3.8) is 0 Å². The van der Waals surface area contributed by atoms with Gasteiger partial charge < -0.3 is 14.8 Å². The van der Waals surface area contributed by atoms with E-state index < -0.39 is 11.4 Å². The molecule has 5 heteroatoms. The Morgan fingerprint density at radius 1 is 1.17 bits per heavy atom. The third kappa shape index (κ3) is 3.08. The van der Waals surface area contributed by atoms with Gasteiger partial charge in [0.05, 0.1) is 5.39 Å². The fourth-order valence-corrected chi connectivity index (χ4v) is 2.30. The Morgan fingerprint density at radius 3 is 2.61 bits per heavy atom. The fraction of sp³-hybridized carbons (Fsp3) is 0.111. The van der Waals surface area contributed by atoms with E-state index >= 15 is 0 Å². The van der Waals surface area contributed by atoms with E-state index in [9.17, 15) is 9.59 Å². The highest BCUT2D eigenvalue weighted by molar-refractivity contribution is 5.92. The molecule has 0 aliphatic carbocycles. The highest BCUT2D eigenvalue weighted by Gasteiger charge is 2.12. The maximum absolute atomic E-state index is 12.2. The monoisotopic (exact) mass is 309 g/mol. The number of rotatable bonds is 4. The molecule has 0 saturated heterocycles. The van der Waals surface area contributed by atoms with Gasteiger partial charge in [-0.05, 0) is 30.7 Å². The minimum absolute atomic E-state index is 0.284. The Kier molecular flexibility index (Phi) is 3.85. The number of H-pyrrole nitrogens is 1. The SMILES string of the molecule is Cc1ccc(COc2ccc3[nH]cc(C(=O)O)c(=O)c3c2)cc1. The highest BCUT2D eigenvalue weighted by atomic mass is 16.5. The van der Waals surface area contributed by atoms with Crippen molar-refractivity contribution in [2.75, 3.05) is 0 Å². The summed E-state index contributed by atoms with van der Waals surface area (Å²) >= 11 is 0. The van der Waals surface area contributed by atoms with Gasteiger partial charge in [0, 0.05) is 11.7 Å². The predicted octanol–water partition coefficient (Wildman–Crippen LogP) is 3.11. The topological polar surface area (TPSA) is 79.4 Å². The minimum atomic E-state index is -1.25. The largest absolute Gasteiger partial charge is 0.489 e. The van der Waals surface area contributed by atoms with Crippen LogP contribution in [0.4, 0.5) is 0 Å². The number of aryl methyl sites for hydroxylation is 1. The first-order valence-electron chi connectivity index (χ1n) is 7.11. The second-order valence-electron chi connectivity index (χ2n) is 5.32. The van der Waals surface area contributed by atoms with Crippen LogP contribution in [0.15, 0.2) is 53.5 Å². The van der Waals surface area contributed by atoms with Crippen LogP contribution in [0.1, 0.15) is 21.5 Å². The fourth-order valence-electron chi connectivity index (χ4n) is 2.30. The number of carbonyl (C=O) groups is 1. The molecule has 5 nitrogen and oxygen atoms in total. The average molecular weight is 309 g/mol. The van der Waals surface area contributed by atoms with Crippen LogP contribution in [-0.2, 0) is 6.61 Å². The van der Waals surface area contributed by atoms with Crippen molar-refractivity contribution in [2.24, 2.45) is 0 Å². The molecular formula is C18H15NO4. The maximum Gasteiger partial charge on any atom is 0.341 e. The molecule has 3 aromatic rings. The summed E-state index contributed by atoms with van der Waals surface area (Å²) in [5.74, 6) is -0.731. The van der Waals surface area contributed by atoms with Crippen molar-refractivity contribution in [1.82, 2.24) is 4.98 Å². The number of hydrogen-bond acceptors (Lipinski definition) is 3. The first kappa shape index (κ1) is 14.8. The van der Waals surface area contributed by atoms with E-state index in [1.165, 1.54) is 11.8 Å². The van der Waals surface area contributed by atoms with E-state index in [1.807, 2.05) is 31.2 Å². The number of aromatic carboxylic acids is 1. The Balaban J connectivity index is 1.90. The molecule has 0 fully saturated rings. The first-order valence-corrected chi connectivity index (χ1v) is 7.11. The van der Waals surface area contributed by atoms with Gasteiger partial charge in [0.2, 0.25) is 5.43 Å². The summed E-state index contributed by atoms with van der Waals surface area (Å²) in [6, 6.07) is 13.0. The molecule has 0 spiro atoms. The number of carboxylic acids is 1. The van der Waals surface area contributed by atoms with Crippen LogP contribution in [0.2, 0.25) is 0 Å². The number of nitrogens with one attached hydrogen (secondary N) is 1. The van der Waals surface area contributed by atoms with E-state index in [4.69, 9.17) is 9.84 Å². The third-order valence-electron chi connectivity index (χ3n) is 3.61. The lowest BCUT2D eigenvalue weighted by molar-refractivity contribution is 0.0695. The van der Waals surface area contributed by atoms with Crippen molar-refractivity contribution in [3.8, 4) is 5.75 Å². The third-order valence-corrected chi connectivity index (χ3v) is 3.61.